The molecule has 0 spiro atoms. The lowest BCUT2D eigenvalue weighted by Crippen LogP contribution is -2.31. The van der Waals surface area contributed by atoms with Crippen molar-refractivity contribution in [3.05, 3.63) is 59.3 Å². The molecular formula is C16H23N. The molecule has 0 aliphatic carbocycles. The molecule has 92 valence electrons. The summed E-state index contributed by atoms with van der Waals surface area (Å²) in [6, 6.07) is 0. The first kappa shape index (κ1) is 13.7. The molecule has 0 aromatic carbocycles. The predicted octanol–water partition coefficient (Wildman–Crippen LogP) is 3.88. The van der Waals surface area contributed by atoms with Gasteiger partial charge in [0.25, 0.3) is 0 Å². The summed E-state index contributed by atoms with van der Waals surface area (Å²) < 4.78 is 0. The van der Waals surface area contributed by atoms with E-state index in [2.05, 4.69) is 51.1 Å². The Morgan fingerprint density at radius 3 is 2.29 bits per heavy atom. The minimum absolute atomic E-state index is 0.977. The summed E-state index contributed by atoms with van der Waals surface area (Å²) in [5, 5.41) is 0. The van der Waals surface area contributed by atoms with Gasteiger partial charge in [-0.05, 0) is 50.1 Å². The average Bonchev–Trinajstić information content (AvgIpc) is 2.26. The van der Waals surface area contributed by atoms with Crippen molar-refractivity contribution in [3.63, 3.8) is 0 Å². The highest BCUT2D eigenvalue weighted by Crippen LogP contribution is 2.30. The van der Waals surface area contributed by atoms with E-state index in [1.54, 1.807) is 0 Å². The number of likely N-dealkylation sites (N-methyl/N-ethyl adjacent to an activating group) is 1. The fraction of sp³-hybridized carbons (Fsp3) is 0.375. The Morgan fingerprint density at radius 2 is 1.82 bits per heavy atom. The van der Waals surface area contributed by atoms with Crippen LogP contribution in [0.15, 0.2) is 59.3 Å². The van der Waals surface area contributed by atoms with Gasteiger partial charge in [0.15, 0.2) is 0 Å². The quantitative estimate of drug-likeness (QED) is 0.694. The van der Waals surface area contributed by atoms with Crippen LogP contribution in [-0.2, 0) is 0 Å². The number of hydrogen-bond acceptors (Lipinski definition) is 1. The molecule has 1 aliphatic rings. The number of allylic oxidation sites excluding steroid dienone is 5. The van der Waals surface area contributed by atoms with Gasteiger partial charge in [-0.2, -0.15) is 0 Å². The van der Waals surface area contributed by atoms with E-state index in [1.165, 1.54) is 22.3 Å². The van der Waals surface area contributed by atoms with Gasteiger partial charge in [0.2, 0.25) is 0 Å². The Morgan fingerprint density at radius 1 is 1.24 bits per heavy atom. The second-order valence-electron chi connectivity index (χ2n) is 4.76. The van der Waals surface area contributed by atoms with E-state index in [9.17, 15) is 0 Å². The predicted molar refractivity (Wildman–Crippen MR) is 77.0 cm³/mol. The van der Waals surface area contributed by atoms with E-state index in [1.807, 2.05) is 13.0 Å². The molecule has 0 atom stereocenters. The minimum Gasteiger partial charge on any atom is -0.298 e. The average molecular weight is 229 g/mol. The van der Waals surface area contributed by atoms with Crippen molar-refractivity contribution >= 4 is 0 Å². The molecule has 1 fully saturated rings. The smallest absolute Gasteiger partial charge is 0.0240 e. The third kappa shape index (κ3) is 3.31. The van der Waals surface area contributed by atoms with Gasteiger partial charge in [-0.3, -0.25) is 4.90 Å². The van der Waals surface area contributed by atoms with Gasteiger partial charge in [0, 0.05) is 13.1 Å². The zero-order chi connectivity index (χ0) is 13.0. The van der Waals surface area contributed by atoms with Crippen LogP contribution in [0.1, 0.15) is 20.8 Å². The summed E-state index contributed by atoms with van der Waals surface area (Å²) in [6.45, 7) is 16.1. The fourth-order valence-electron chi connectivity index (χ4n) is 2.26. The standard InChI is InChI=1S/C16H23N/c1-7-13(5)16-14(8-2)10-17(6)11-15(16)9-12(3)4/h7-9H,1,3,10-11H2,2,4-6H3/b14-8-,15-9-,16-13+. The Hall–Kier alpha value is -1.34. The zero-order valence-electron chi connectivity index (χ0n) is 11.5. The Balaban J connectivity index is 3.34. The van der Waals surface area contributed by atoms with Crippen molar-refractivity contribution < 1.29 is 0 Å². The second kappa shape index (κ2) is 5.83. The molecule has 1 heteroatoms. The molecule has 0 amide bonds. The van der Waals surface area contributed by atoms with Gasteiger partial charge in [0.1, 0.15) is 0 Å². The van der Waals surface area contributed by atoms with E-state index in [4.69, 9.17) is 0 Å². The van der Waals surface area contributed by atoms with Crippen molar-refractivity contribution in [1.29, 1.82) is 0 Å². The highest BCUT2D eigenvalue weighted by Gasteiger charge is 2.20. The molecule has 0 unspecified atom stereocenters. The van der Waals surface area contributed by atoms with Crippen LogP contribution in [0.3, 0.4) is 0 Å². The van der Waals surface area contributed by atoms with Gasteiger partial charge >= 0.3 is 0 Å². The molecule has 0 N–H and O–H groups in total. The number of likely N-dealkylation sites (tertiary alicyclic amines) is 1. The third-order valence-corrected chi connectivity index (χ3v) is 2.99. The fourth-order valence-corrected chi connectivity index (χ4v) is 2.26. The topological polar surface area (TPSA) is 3.24 Å². The molecule has 1 rings (SSSR count). The maximum atomic E-state index is 3.98. The summed E-state index contributed by atoms with van der Waals surface area (Å²) in [7, 11) is 2.15. The second-order valence-corrected chi connectivity index (χ2v) is 4.76. The van der Waals surface area contributed by atoms with E-state index in [0.29, 0.717) is 0 Å². The van der Waals surface area contributed by atoms with Crippen LogP contribution < -0.4 is 0 Å². The summed E-state index contributed by atoms with van der Waals surface area (Å²) in [6.07, 6.45) is 6.32. The Labute approximate surface area is 106 Å². The van der Waals surface area contributed by atoms with Gasteiger partial charge in [-0.25, -0.2) is 0 Å². The van der Waals surface area contributed by atoms with Crippen molar-refractivity contribution in [2.24, 2.45) is 0 Å². The Bertz CT molecular complexity index is 419. The van der Waals surface area contributed by atoms with Gasteiger partial charge in [0.05, 0.1) is 0 Å². The zero-order valence-corrected chi connectivity index (χ0v) is 11.5. The first-order chi connectivity index (χ1) is 7.99. The van der Waals surface area contributed by atoms with E-state index in [-0.39, 0.29) is 0 Å². The first-order valence-corrected chi connectivity index (χ1v) is 6.03. The molecule has 0 radical (unpaired) electrons. The van der Waals surface area contributed by atoms with Crippen molar-refractivity contribution in [2.75, 3.05) is 20.1 Å². The maximum absolute atomic E-state index is 3.98. The molecular weight excluding hydrogens is 206 g/mol. The third-order valence-electron chi connectivity index (χ3n) is 2.99. The van der Waals surface area contributed by atoms with Crippen LogP contribution in [-0.4, -0.2) is 25.0 Å². The summed E-state index contributed by atoms with van der Waals surface area (Å²) in [5.41, 5.74) is 6.42. The largest absolute Gasteiger partial charge is 0.298 e. The van der Waals surface area contributed by atoms with Crippen molar-refractivity contribution in [1.82, 2.24) is 4.90 Å². The first-order valence-electron chi connectivity index (χ1n) is 6.03. The van der Waals surface area contributed by atoms with Crippen LogP contribution in [0, 0.1) is 0 Å². The molecule has 0 aromatic rings. The lowest BCUT2D eigenvalue weighted by atomic mass is 9.88. The van der Waals surface area contributed by atoms with Crippen LogP contribution in [0.4, 0.5) is 0 Å². The SMILES string of the molecule is C=C/C(C)=C1C(=C/C)\CN(C)CC\1=C\C(=C)C. The van der Waals surface area contributed by atoms with Crippen LogP contribution in [0.2, 0.25) is 0 Å². The molecule has 17 heavy (non-hydrogen) atoms. The normalized spacial score (nSPS) is 25.2. The monoisotopic (exact) mass is 229 g/mol. The molecule has 0 bridgehead atoms. The summed E-state index contributed by atoms with van der Waals surface area (Å²) in [5.74, 6) is 0. The minimum atomic E-state index is 0.977. The number of nitrogens with zero attached hydrogens (tertiary/aromatic N) is 1. The van der Waals surface area contributed by atoms with Crippen LogP contribution in [0.5, 0.6) is 0 Å². The van der Waals surface area contributed by atoms with Crippen molar-refractivity contribution in [2.45, 2.75) is 20.8 Å². The van der Waals surface area contributed by atoms with Crippen molar-refractivity contribution in [3.8, 4) is 0 Å². The maximum Gasteiger partial charge on any atom is 0.0240 e. The lowest BCUT2D eigenvalue weighted by Gasteiger charge is -2.31. The molecule has 1 saturated heterocycles. The van der Waals surface area contributed by atoms with Gasteiger partial charge < -0.3 is 0 Å². The van der Waals surface area contributed by atoms with Crippen LogP contribution >= 0.6 is 0 Å². The molecule has 1 nitrogen and oxygen atoms in total. The highest BCUT2D eigenvalue weighted by atomic mass is 15.1. The van der Waals surface area contributed by atoms with E-state index >= 15 is 0 Å². The molecule has 1 aliphatic heterocycles. The van der Waals surface area contributed by atoms with Gasteiger partial charge in [-0.1, -0.05) is 37.0 Å². The lowest BCUT2D eigenvalue weighted by molar-refractivity contribution is 0.382. The number of piperidine rings is 1. The summed E-state index contributed by atoms with van der Waals surface area (Å²) in [4.78, 5) is 2.32. The molecule has 1 heterocycles. The van der Waals surface area contributed by atoms with E-state index < -0.39 is 0 Å². The van der Waals surface area contributed by atoms with E-state index in [0.717, 1.165) is 18.7 Å². The number of rotatable bonds is 2. The summed E-state index contributed by atoms with van der Waals surface area (Å²) >= 11 is 0. The molecule has 0 aromatic heterocycles. The van der Waals surface area contributed by atoms with Crippen LogP contribution in [0.25, 0.3) is 0 Å². The highest BCUT2D eigenvalue weighted by molar-refractivity contribution is 5.56. The Kier molecular flexibility index (Phi) is 4.71. The van der Waals surface area contributed by atoms with Gasteiger partial charge in [-0.15, -0.1) is 0 Å². The number of hydrogen-bond donors (Lipinski definition) is 0. The molecule has 0 saturated carbocycles.